The highest BCUT2D eigenvalue weighted by Crippen LogP contribution is 2.27. The molecule has 1 N–H and O–H groups in total. The van der Waals surface area contributed by atoms with Gasteiger partial charge in [-0.25, -0.2) is 4.98 Å². The van der Waals surface area contributed by atoms with Gasteiger partial charge < -0.3 is 10.1 Å². The molecule has 0 aliphatic carbocycles. The lowest BCUT2D eigenvalue weighted by molar-refractivity contribution is 0.0910. The van der Waals surface area contributed by atoms with Gasteiger partial charge in [-0.3, -0.25) is 9.69 Å². The molecule has 0 atom stereocenters. The summed E-state index contributed by atoms with van der Waals surface area (Å²) in [6, 6.07) is 28.2. The molecule has 1 aliphatic heterocycles. The molecular formula is C29H29N3O2. The SMILES string of the molecule is COc1cccc(-c2cc(C(=O)NC3CCN(Cc4ccccc4)CC3)c3ccccc3n2)c1. The van der Waals surface area contributed by atoms with E-state index >= 15 is 0 Å². The highest BCUT2D eigenvalue weighted by molar-refractivity contribution is 6.07. The first-order chi connectivity index (χ1) is 16.7. The van der Waals surface area contributed by atoms with Gasteiger partial charge in [0, 0.05) is 36.6 Å². The van der Waals surface area contributed by atoms with Crippen molar-refractivity contribution < 1.29 is 9.53 Å². The standard InChI is InChI=1S/C29H29N3O2/c1-34-24-11-7-10-22(18-24)28-19-26(25-12-5-6-13-27(25)31-28)29(33)30-23-14-16-32(17-15-23)20-21-8-3-2-4-9-21/h2-13,18-19,23H,14-17,20H2,1H3,(H,30,33). The lowest BCUT2D eigenvalue weighted by Crippen LogP contribution is -2.44. The summed E-state index contributed by atoms with van der Waals surface area (Å²) in [5.74, 6) is 0.727. The van der Waals surface area contributed by atoms with E-state index in [1.807, 2.05) is 60.7 Å². The summed E-state index contributed by atoms with van der Waals surface area (Å²) in [6.45, 7) is 2.92. The predicted octanol–water partition coefficient (Wildman–Crippen LogP) is 5.30. The lowest BCUT2D eigenvalue weighted by Gasteiger charge is -2.32. The first-order valence-electron chi connectivity index (χ1n) is 11.8. The van der Waals surface area contributed by atoms with Crippen LogP contribution in [0.25, 0.3) is 22.2 Å². The van der Waals surface area contributed by atoms with E-state index in [9.17, 15) is 4.79 Å². The number of carbonyl (C=O) groups excluding carboxylic acids is 1. The number of ether oxygens (including phenoxy) is 1. The van der Waals surface area contributed by atoms with Crippen molar-refractivity contribution >= 4 is 16.8 Å². The number of methoxy groups -OCH3 is 1. The van der Waals surface area contributed by atoms with Gasteiger partial charge in [0.05, 0.1) is 23.9 Å². The van der Waals surface area contributed by atoms with Crippen molar-refractivity contribution in [1.29, 1.82) is 0 Å². The fourth-order valence-corrected chi connectivity index (χ4v) is 4.63. The zero-order chi connectivity index (χ0) is 23.3. The van der Waals surface area contributed by atoms with Crippen LogP contribution >= 0.6 is 0 Å². The van der Waals surface area contributed by atoms with Crippen LogP contribution in [0.3, 0.4) is 0 Å². The number of carbonyl (C=O) groups is 1. The average Bonchev–Trinajstić information content (AvgIpc) is 2.89. The molecule has 3 aromatic carbocycles. The normalized spacial score (nSPS) is 14.7. The minimum absolute atomic E-state index is 0.0377. The summed E-state index contributed by atoms with van der Waals surface area (Å²) in [7, 11) is 1.65. The van der Waals surface area contributed by atoms with E-state index in [2.05, 4.69) is 34.5 Å². The minimum Gasteiger partial charge on any atom is -0.497 e. The summed E-state index contributed by atoms with van der Waals surface area (Å²) < 4.78 is 5.38. The zero-order valence-corrected chi connectivity index (χ0v) is 19.4. The fraction of sp³-hybridized carbons (Fsp3) is 0.241. The van der Waals surface area contributed by atoms with Gasteiger partial charge in [0.2, 0.25) is 0 Å². The number of nitrogens with one attached hydrogen (secondary N) is 1. The number of nitrogens with zero attached hydrogens (tertiary/aromatic N) is 2. The number of rotatable bonds is 6. The summed E-state index contributed by atoms with van der Waals surface area (Å²) in [5, 5.41) is 4.16. The summed E-state index contributed by atoms with van der Waals surface area (Å²) in [4.78, 5) is 20.7. The van der Waals surface area contributed by atoms with Gasteiger partial charge >= 0.3 is 0 Å². The number of benzene rings is 3. The second kappa shape index (κ2) is 10.1. The Morgan fingerprint density at radius 3 is 2.53 bits per heavy atom. The molecule has 34 heavy (non-hydrogen) atoms. The van der Waals surface area contributed by atoms with Crippen LogP contribution in [0.2, 0.25) is 0 Å². The molecule has 5 rings (SSSR count). The highest BCUT2D eigenvalue weighted by Gasteiger charge is 2.22. The highest BCUT2D eigenvalue weighted by atomic mass is 16.5. The van der Waals surface area contributed by atoms with E-state index in [0.717, 1.165) is 60.4 Å². The topological polar surface area (TPSA) is 54.5 Å². The number of fused-ring (bicyclic) bond motifs is 1. The van der Waals surface area contributed by atoms with E-state index < -0.39 is 0 Å². The average molecular weight is 452 g/mol. The number of piperidine rings is 1. The molecule has 1 amide bonds. The van der Waals surface area contributed by atoms with E-state index in [1.165, 1.54) is 5.56 Å². The third-order valence-corrected chi connectivity index (χ3v) is 6.50. The van der Waals surface area contributed by atoms with Crippen LogP contribution in [-0.2, 0) is 6.54 Å². The van der Waals surface area contributed by atoms with Crippen LogP contribution in [0.5, 0.6) is 5.75 Å². The zero-order valence-electron chi connectivity index (χ0n) is 19.4. The molecule has 5 nitrogen and oxygen atoms in total. The molecule has 0 saturated carbocycles. The molecule has 0 bridgehead atoms. The molecular weight excluding hydrogens is 422 g/mol. The minimum atomic E-state index is -0.0377. The van der Waals surface area contributed by atoms with E-state index in [-0.39, 0.29) is 11.9 Å². The number of para-hydroxylation sites is 1. The maximum atomic E-state index is 13.4. The molecule has 172 valence electrons. The van der Waals surface area contributed by atoms with Crippen molar-refractivity contribution in [3.63, 3.8) is 0 Å². The maximum absolute atomic E-state index is 13.4. The number of pyridine rings is 1. The monoisotopic (exact) mass is 451 g/mol. The van der Waals surface area contributed by atoms with Crippen LogP contribution in [0, 0.1) is 0 Å². The summed E-state index contributed by atoms with van der Waals surface area (Å²) >= 11 is 0. The van der Waals surface area contributed by atoms with Crippen molar-refractivity contribution in [3.05, 3.63) is 96.1 Å². The summed E-state index contributed by atoms with van der Waals surface area (Å²) in [6.07, 6.45) is 1.90. The molecule has 0 radical (unpaired) electrons. The lowest BCUT2D eigenvalue weighted by atomic mass is 10.0. The smallest absolute Gasteiger partial charge is 0.252 e. The van der Waals surface area contributed by atoms with Crippen molar-refractivity contribution in [2.24, 2.45) is 0 Å². The molecule has 1 aliphatic rings. The molecule has 1 fully saturated rings. The van der Waals surface area contributed by atoms with Gasteiger partial charge in [0.25, 0.3) is 5.91 Å². The number of aromatic nitrogens is 1. The third kappa shape index (κ3) is 4.95. The van der Waals surface area contributed by atoms with Gasteiger partial charge in [-0.2, -0.15) is 0 Å². The number of hydrogen-bond donors (Lipinski definition) is 1. The second-order valence-electron chi connectivity index (χ2n) is 8.81. The Labute approximate surface area is 200 Å². The first kappa shape index (κ1) is 22.1. The molecule has 0 unspecified atom stereocenters. The molecule has 4 aromatic rings. The van der Waals surface area contributed by atoms with Crippen LogP contribution in [-0.4, -0.2) is 42.0 Å². The molecule has 2 heterocycles. The fourth-order valence-electron chi connectivity index (χ4n) is 4.63. The first-order valence-corrected chi connectivity index (χ1v) is 11.8. The Bertz CT molecular complexity index is 1280. The van der Waals surface area contributed by atoms with Crippen molar-refractivity contribution in [1.82, 2.24) is 15.2 Å². The van der Waals surface area contributed by atoms with Gasteiger partial charge in [-0.15, -0.1) is 0 Å². The Morgan fingerprint density at radius 1 is 0.971 bits per heavy atom. The quantitative estimate of drug-likeness (QED) is 0.432. The number of amides is 1. The third-order valence-electron chi connectivity index (χ3n) is 6.50. The maximum Gasteiger partial charge on any atom is 0.252 e. The Hall–Kier alpha value is -3.70. The number of hydrogen-bond acceptors (Lipinski definition) is 4. The Kier molecular flexibility index (Phi) is 6.54. The van der Waals surface area contributed by atoms with E-state index in [1.54, 1.807) is 7.11 Å². The van der Waals surface area contributed by atoms with Crippen molar-refractivity contribution in [2.75, 3.05) is 20.2 Å². The Morgan fingerprint density at radius 2 is 1.74 bits per heavy atom. The van der Waals surface area contributed by atoms with Crippen LogP contribution in [0.15, 0.2) is 84.9 Å². The molecule has 5 heteroatoms. The van der Waals surface area contributed by atoms with Crippen molar-refractivity contribution in [3.8, 4) is 17.0 Å². The van der Waals surface area contributed by atoms with Crippen LogP contribution in [0.1, 0.15) is 28.8 Å². The summed E-state index contributed by atoms with van der Waals surface area (Å²) in [5.41, 5.74) is 4.49. The molecule has 1 saturated heterocycles. The molecule has 1 aromatic heterocycles. The molecule has 0 spiro atoms. The van der Waals surface area contributed by atoms with E-state index in [4.69, 9.17) is 9.72 Å². The van der Waals surface area contributed by atoms with E-state index in [0.29, 0.717) is 5.56 Å². The van der Waals surface area contributed by atoms with Crippen LogP contribution in [0.4, 0.5) is 0 Å². The Balaban J connectivity index is 1.33. The van der Waals surface area contributed by atoms with Gasteiger partial charge in [0.1, 0.15) is 5.75 Å². The largest absolute Gasteiger partial charge is 0.497 e. The predicted molar refractivity (Wildman–Crippen MR) is 136 cm³/mol. The number of likely N-dealkylation sites (tertiary alicyclic amines) is 1. The van der Waals surface area contributed by atoms with Gasteiger partial charge in [-0.05, 0) is 42.7 Å². The van der Waals surface area contributed by atoms with Crippen molar-refractivity contribution in [2.45, 2.75) is 25.4 Å². The van der Waals surface area contributed by atoms with Gasteiger partial charge in [0.15, 0.2) is 0 Å². The van der Waals surface area contributed by atoms with Gasteiger partial charge in [-0.1, -0.05) is 60.7 Å². The van der Waals surface area contributed by atoms with Crippen LogP contribution < -0.4 is 10.1 Å². The second-order valence-corrected chi connectivity index (χ2v) is 8.81.